The van der Waals surface area contributed by atoms with Gasteiger partial charge in [0.15, 0.2) is 17.5 Å². The Bertz CT molecular complexity index is 708. The molecule has 0 fully saturated rings. The molecule has 0 aliphatic carbocycles. The summed E-state index contributed by atoms with van der Waals surface area (Å²) in [6, 6.07) is 6.13. The zero-order valence-corrected chi connectivity index (χ0v) is 18.5. The van der Waals surface area contributed by atoms with Crippen molar-refractivity contribution in [2.24, 2.45) is 4.99 Å². The number of rotatable bonds is 12. The molecule has 8 heteroatoms. The second-order valence-electron chi connectivity index (χ2n) is 5.95. The Kier molecular flexibility index (Phi) is 10.6. The Morgan fingerprint density at radius 3 is 2.71 bits per heavy atom. The number of thiazole rings is 1. The highest BCUT2D eigenvalue weighted by Crippen LogP contribution is 2.28. The van der Waals surface area contributed by atoms with Crippen LogP contribution in [-0.4, -0.2) is 50.6 Å². The smallest absolute Gasteiger partial charge is 0.190 e. The van der Waals surface area contributed by atoms with E-state index < -0.39 is 0 Å². The summed E-state index contributed by atoms with van der Waals surface area (Å²) >= 11 is 3.49. The average Bonchev–Trinajstić information content (AvgIpc) is 3.23. The van der Waals surface area contributed by atoms with Crippen LogP contribution in [0.4, 0.5) is 0 Å². The normalized spacial score (nSPS) is 11.3. The van der Waals surface area contributed by atoms with E-state index in [0.29, 0.717) is 6.61 Å². The lowest BCUT2D eigenvalue weighted by Crippen LogP contribution is -2.38. The number of hydrogen-bond donors (Lipinski definition) is 2. The SMILES string of the molecule is CCOc1cc(CCCNC(=NC)NCCCSc2nccs2)ccc1OC. The number of benzene rings is 1. The van der Waals surface area contributed by atoms with Crippen molar-refractivity contribution in [1.82, 2.24) is 15.6 Å². The second-order valence-corrected chi connectivity index (χ2v) is 8.18. The molecule has 0 aliphatic rings. The Morgan fingerprint density at radius 1 is 1.21 bits per heavy atom. The fourth-order valence-electron chi connectivity index (χ4n) is 2.58. The van der Waals surface area contributed by atoms with E-state index in [1.807, 2.05) is 24.6 Å². The fourth-order valence-corrected chi connectivity index (χ4v) is 4.23. The number of nitrogens with one attached hydrogen (secondary N) is 2. The maximum absolute atomic E-state index is 5.64. The van der Waals surface area contributed by atoms with Gasteiger partial charge in [-0.05, 0) is 43.9 Å². The van der Waals surface area contributed by atoms with E-state index in [0.717, 1.165) is 59.9 Å². The largest absolute Gasteiger partial charge is 0.493 e. The van der Waals surface area contributed by atoms with Gasteiger partial charge in [-0.1, -0.05) is 17.8 Å². The van der Waals surface area contributed by atoms with Gasteiger partial charge in [0.25, 0.3) is 0 Å². The Morgan fingerprint density at radius 2 is 2.04 bits per heavy atom. The third-order valence-corrected chi connectivity index (χ3v) is 5.99. The van der Waals surface area contributed by atoms with Crippen LogP contribution in [-0.2, 0) is 6.42 Å². The number of ether oxygens (including phenoxy) is 2. The minimum Gasteiger partial charge on any atom is -0.493 e. The van der Waals surface area contributed by atoms with E-state index in [-0.39, 0.29) is 0 Å². The summed E-state index contributed by atoms with van der Waals surface area (Å²) in [5.41, 5.74) is 1.24. The van der Waals surface area contributed by atoms with Gasteiger partial charge < -0.3 is 20.1 Å². The van der Waals surface area contributed by atoms with Crippen LogP contribution in [0.2, 0.25) is 0 Å². The van der Waals surface area contributed by atoms with Gasteiger partial charge in [-0.2, -0.15) is 0 Å². The monoisotopic (exact) mass is 422 g/mol. The Labute approximate surface area is 176 Å². The van der Waals surface area contributed by atoms with Crippen molar-refractivity contribution in [2.75, 3.05) is 39.6 Å². The molecule has 0 aliphatic heterocycles. The summed E-state index contributed by atoms with van der Waals surface area (Å²) in [5.74, 6) is 3.49. The van der Waals surface area contributed by atoms with Gasteiger partial charge in [0, 0.05) is 37.5 Å². The van der Waals surface area contributed by atoms with E-state index >= 15 is 0 Å². The number of thioether (sulfide) groups is 1. The minimum atomic E-state index is 0.631. The predicted octanol–water partition coefficient (Wildman–Crippen LogP) is 3.83. The average molecular weight is 423 g/mol. The van der Waals surface area contributed by atoms with Gasteiger partial charge in [0.2, 0.25) is 0 Å². The molecule has 0 radical (unpaired) electrons. The van der Waals surface area contributed by atoms with Crippen molar-refractivity contribution in [3.05, 3.63) is 35.3 Å². The number of methoxy groups -OCH3 is 1. The number of aromatic nitrogens is 1. The molecule has 0 atom stereocenters. The topological polar surface area (TPSA) is 67.8 Å². The van der Waals surface area contributed by atoms with Gasteiger partial charge in [0.1, 0.15) is 4.34 Å². The fraction of sp³-hybridized carbons (Fsp3) is 0.500. The first-order chi connectivity index (χ1) is 13.8. The molecule has 0 saturated heterocycles. The second kappa shape index (κ2) is 13.3. The lowest BCUT2D eigenvalue weighted by Gasteiger charge is -2.13. The molecule has 2 N–H and O–H groups in total. The van der Waals surface area contributed by atoms with Crippen molar-refractivity contribution in [1.29, 1.82) is 0 Å². The highest BCUT2D eigenvalue weighted by atomic mass is 32.2. The van der Waals surface area contributed by atoms with E-state index in [1.165, 1.54) is 5.56 Å². The molecule has 0 unspecified atom stereocenters. The number of aryl methyl sites for hydroxylation is 1. The van der Waals surface area contributed by atoms with Crippen LogP contribution in [0.3, 0.4) is 0 Å². The zero-order chi connectivity index (χ0) is 20.0. The maximum atomic E-state index is 5.64. The van der Waals surface area contributed by atoms with E-state index in [9.17, 15) is 0 Å². The van der Waals surface area contributed by atoms with Crippen molar-refractivity contribution < 1.29 is 9.47 Å². The van der Waals surface area contributed by atoms with E-state index in [1.54, 1.807) is 37.3 Å². The minimum absolute atomic E-state index is 0.631. The van der Waals surface area contributed by atoms with Crippen molar-refractivity contribution in [3.8, 4) is 11.5 Å². The molecular formula is C20H30N4O2S2. The molecule has 2 aromatic rings. The lowest BCUT2D eigenvalue weighted by atomic mass is 10.1. The van der Waals surface area contributed by atoms with Crippen LogP contribution < -0.4 is 20.1 Å². The third kappa shape index (κ3) is 7.98. The lowest BCUT2D eigenvalue weighted by molar-refractivity contribution is 0.310. The van der Waals surface area contributed by atoms with Crippen LogP contribution in [0.5, 0.6) is 11.5 Å². The van der Waals surface area contributed by atoms with Gasteiger partial charge in [-0.15, -0.1) is 11.3 Å². The first-order valence-electron chi connectivity index (χ1n) is 9.53. The van der Waals surface area contributed by atoms with Crippen LogP contribution in [0.1, 0.15) is 25.3 Å². The zero-order valence-electron chi connectivity index (χ0n) is 16.9. The van der Waals surface area contributed by atoms with Crippen LogP contribution in [0.15, 0.2) is 39.1 Å². The van der Waals surface area contributed by atoms with Crippen molar-refractivity contribution >= 4 is 29.1 Å². The van der Waals surface area contributed by atoms with Gasteiger partial charge in [-0.3, -0.25) is 4.99 Å². The summed E-state index contributed by atoms with van der Waals surface area (Å²) in [7, 11) is 3.47. The van der Waals surface area contributed by atoms with Crippen LogP contribution in [0.25, 0.3) is 0 Å². The van der Waals surface area contributed by atoms with Gasteiger partial charge in [-0.25, -0.2) is 4.98 Å². The molecule has 1 aromatic heterocycles. The van der Waals surface area contributed by atoms with Crippen molar-refractivity contribution in [2.45, 2.75) is 30.5 Å². The van der Waals surface area contributed by atoms with Crippen LogP contribution in [0, 0.1) is 0 Å². The molecule has 0 spiro atoms. The standard InChI is InChI=1S/C20H30N4O2S2/c1-4-26-18-15-16(8-9-17(18)25-3)7-5-10-22-19(21-2)23-11-6-13-27-20-24-12-14-28-20/h8-9,12,14-15H,4-7,10-11,13H2,1-3H3,(H2,21,22,23). The van der Waals surface area contributed by atoms with Crippen molar-refractivity contribution in [3.63, 3.8) is 0 Å². The summed E-state index contributed by atoms with van der Waals surface area (Å²) in [4.78, 5) is 8.56. The first kappa shape index (κ1) is 22.4. The Hall–Kier alpha value is -1.93. The predicted molar refractivity (Wildman–Crippen MR) is 119 cm³/mol. The Balaban J connectivity index is 1.62. The molecule has 6 nitrogen and oxygen atoms in total. The molecule has 0 amide bonds. The third-order valence-electron chi connectivity index (χ3n) is 3.93. The number of hydrogen-bond acceptors (Lipinski definition) is 6. The highest BCUT2D eigenvalue weighted by Gasteiger charge is 2.05. The van der Waals surface area contributed by atoms with Crippen LogP contribution >= 0.6 is 23.1 Å². The van der Waals surface area contributed by atoms with Gasteiger partial charge in [0.05, 0.1) is 13.7 Å². The molecule has 1 heterocycles. The maximum Gasteiger partial charge on any atom is 0.190 e. The highest BCUT2D eigenvalue weighted by molar-refractivity contribution is 8.00. The summed E-state index contributed by atoms with van der Waals surface area (Å²) in [6.07, 6.45) is 4.90. The number of guanidine groups is 1. The van der Waals surface area contributed by atoms with E-state index in [4.69, 9.17) is 9.47 Å². The molecular weight excluding hydrogens is 392 g/mol. The quantitative estimate of drug-likeness (QED) is 0.235. The number of nitrogens with zero attached hydrogens (tertiary/aromatic N) is 2. The van der Waals surface area contributed by atoms with Gasteiger partial charge >= 0.3 is 0 Å². The summed E-state index contributed by atoms with van der Waals surface area (Å²) < 4.78 is 12.1. The molecule has 28 heavy (non-hydrogen) atoms. The molecule has 1 aromatic carbocycles. The molecule has 154 valence electrons. The van der Waals surface area contributed by atoms with E-state index in [2.05, 4.69) is 32.7 Å². The first-order valence-corrected chi connectivity index (χ1v) is 11.4. The molecule has 0 saturated carbocycles. The number of aliphatic imine (C=N–C) groups is 1. The summed E-state index contributed by atoms with van der Waals surface area (Å²) in [6.45, 7) is 4.37. The molecule has 0 bridgehead atoms. The molecule has 2 rings (SSSR count). The summed E-state index contributed by atoms with van der Waals surface area (Å²) in [5, 5.41) is 8.74.